The molecule has 6 nitrogen and oxygen atoms in total. The maximum absolute atomic E-state index is 11.1. The number of nitrogens with zero attached hydrogens (tertiary/aromatic N) is 2. The molecule has 3 N–H and O–H groups in total. The number of hydrogen-bond donors (Lipinski definition) is 3. The molecule has 0 unspecified atom stereocenters. The lowest BCUT2D eigenvalue weighted by Gasteiger charge is -2.23. The molecule has 1 aromatic heterocycles. The van der Waals surface area contributed by atoms with E-state index >= 15 is 0 Å². The average Bonchev–Trinajstić information content (AvgIpc) is 2.56. The Labute approximate surface area is 148 Å². The summed E-state index contributed by atoms with van der Waals surface area (Å²) in [4.78, 5) is 20.2. The third kappa shape index (κ3) is 5.17. The van der Waals surface area contributed by atoms with Crippen LogP contribution in [0.4, 0.5) is 23.1 Å². The molecule has 0 spiro atoms. The van der Waals surface area contributed by atoms with Crippen molar-refractivity contribution in [2.24, 2.45) is 0 Å². The van der Waals surface area contributed by atoms with Crippen LogP contribution in [0.15, 0.2) is 30.3 Å². The molecule has 1 aliphatic carbocycles. The summed E-state index contributed by atoms with van der Waals surface area (Å²) >= 11 is 0. The molecular weight excluding hydrogens is 314 g/mol. The zero-order valence-corrected chi connectivity index (χ0v) is 14.8. The first-order valence-electron chi connectivity index (χ1n) is 8.85. The number of aryl methyl sites for hydroxylation is 1. The minimum absolute atomic E-state index is 0.0782. The van der Waals surface area contributed by atoms with Gasteiger partial charge in [0.05, 0.1) is 0 Å². The molecule has 1 aliphatic rings. The lowest BCUT2D eigenvalue weighted by molar-refractivity contribution is -0.114. The van der Waals surface area contributed by atoms with Gasteiger partial charge in [0, 0.05) is 36.1 Å². The Kier molecular flexibility index (Phi) is 5.48. The van der Waals surface area contributed by atoms with Crippen LogP contribution in [0.1, 0.15) is 44.7 Å². The fraction of sp³-hybridized carbons (Fsp3) is 0.421. The standard InChI is InChI=1S/C19H25N5O/c1-13-12-18(22-17-10-8-16(9-11-17)21-14(2)25)24-19(20-13)23-15-6-4-3-5-7-15/h8-12,15H,3-7H2,1-2H3,(H,21,25)(H2,20,22,23,24). The summed E-state index contributed by atoms with van der Waals surface area (Å²) < 4.78 is 0. The van der Waals surface area contributed by atoms with E-state index < -0.39 is 0 Å². The van der Waals surface area contributed by atoms with Gasteiger partial charge in [0.1, 0.15) is 5.82 Å². The molecule has 3 rings (SSSR count). The molecule has 1 saturated carbocycles. The van der Waals surface area contributed by atoms with Crippen LogP contribution in [0.2, 0.25) is 0 Å². The van der Waals surface area contributed by atoms with Crippen molar-refractivity contribution in [3.8, 4) is 0 Å². The summed E-state index contributed by atoms with van der Waals surface area (Å²) in [5.41, 5.74) is 2.61. The second-order valence-corrected chi connectivity index (χ2v) is 6.58. The van der Waals surface area contributed by atoms with Crippen LogP contribution in [0, 0.1) is 6.92 Å². The summed E-state index contributed by atoms with van der Waals surface area (Å²) in [6, 6.07) is 9.94. The van der Waals surface area contributed by atoms with Crippen LogP contribution < -0.4 is 16.0 Å². The van der Waals surface area contributed by atoms with Gasteiger partial charge in [-0.3, -0.25) is 4.79 Å². The molecule has 1 amide bonds. The quantitative estimate of drug-likeness (QED) is 0.759. The van der Waals surface area contributed by atoms with Crippen molar-refractivity contribution in [1.82, 2.24) is 9.97 Å². The molecule has 1 aromatic carbocycles. The molecule has 1 heterocycles. The third-order valence-electron chi connectivity index (χ3n) is 4.27. The molecule has 1 fully saturated rings. The molecule has 0 bridgehead atoms. The number of carbonyl (C=O) groups is 1. The average molecular weight is 339 g/mol. The van der Waals surface area contributed by atoms with Crippen molar-refractivity contribution in [2.75, 3.05) is 16.0 Å². The van der Waals surface area contributed by atoms with Crippen LogP contribution in [-0.2, 0) is 4.79 Å². The fourth-order valence-corrected chi connectivity index (χ4v) is 3.11. The molecule has 132 valence electrons. The van der Waals surface area contributed by atoms with Crippen molar-refractivity contribution < 1.29 is 4.79 Å². The number of anilines is 4. The van der Waals surface area contributed by atoms with Crippen molar-refractivity contribution in [2.45, 2.75) is 52.0 Å². The second-order valence-electron chi connectivity index (χ2n) is 6.58. The maximum atomic E-state index is 11.1. The lowest BCUT2D eigenvalue weighted by Crippen LogP contribution is -2.23. The van der Waals surface area contributed by atoms with Gasteiger partial charge in [-0.2, -0.15) is 4.98 Å². The van der Waals surface area contributed by atoms with Gasteiger partial charge in [0.15, 0.2) is 0 Å². The minimum Gasteiger partial charge on any atom is -0.351 e. The highest BCUT2D eigenvalue weighted by molar-refractivity contribution is 5.88. The van der Waals surface area contributed by atoms with E-state index in [0.717, 1.165) is 22.9 Å². The molecule has 0 atom stereocenters. The SMILES string of the molecule is CC(=O)Nc1ccc(Nc2cc(C)nc(NC3CCCCC3)n2)cc1. The molecule has 0 aliphatic heterocycles. The fourth-order valence-electron chi connectivity index (χ4n) is 3.11. The number of nitrogens with one attached hydrogen (secondary N) is 3. The molecule has 25 heavy (non-hydrogen) atoms. The van der Waals surface area contributed by atoms with E-state index in [-0.39, 0.29) is 5.91 Å². The molecule has 0 radical (unpaired) electrons. The smallest absolute Gasteiger partial charge is 0.225 e. The van der Waals surface area contributed by atoms with Gasteiger partial charge in [-0.25, -0.2) is 4.98 Å². The highest BCUT2D eigenvalue weighted by Gasteiger charge is 2.14. The highest BCUT2D eigenvalue weighted by Crippen LogP contribution is 2.22. The van der Waals surface area contributed by atoms with Gasteiger partial charge in [0.2, 0.25) is 11.9 Å². The number of benzene rings is 1. The van der Waals surface area contributed by atoms with E-state index in [2.05, 4.69) is 25.9 Å². The summed E-state index contributed by atoms with van der Waals surface area (Å²) in [6.07, 6.45) is 6.24. The van der Waals surface area contributed by atoms with Crippen molar-refractivity contribution >= 4 is 29.0 Å². The van der Waals surface area contributed by atoms with E-state index in [1.54, 1.807) is 0 Å². The van der Waals surface area contributed by atoms with Crippen LogP contribution >= 0.6 is 0 Å². The van der Waals surface area contributed by atoms with Crippen LogP contribution in [0.5, 0.6) is 0 Å². The predicted octanol–water partition coefficient (Wildman–Crippen LogP) is 4.23. The number of rotatable bonds is 5. The summed E-state index contributed by atoms with van der Waals surface area (Å²) in [7, 11) is 0. The molecule has 0 saturated heterocycles. The number of aromatic nitrogens is 2. The van der Waals surface area contributed by atoms with Gasteiger partial charge in [-0.1, -0.05) is 19.3 Å². The summed E-state index contributed by atoms with van der Waals surface area (Å²) in [5, 5.41) is 9.53. The largest absolute Gasteiger partial charge is 0.351 e. The first-order chi connectivity index (χ1) is 12.1. The van der Waals surface area contributed by atoms with E-state index in [0.29, 0.717) is 12.0 Å². The van der Waals surface area contributed by atoms with Gasteiger partial charge < -0.3 is 16.0 Å². The zero-order chi connectivity index (χ0) is 17.6. The first kappa shape index (κ1) is 17.2. The monoisotopic (exact) mass is 339 g/mol. The molecular formula is C19H25N5O. The Hall–Kier alpha value is -2.63. The van der Waals surface area contributed by atoms with Crippen molar-refractivity contribution in [3.05, 3.63) is 36.0 Å². The molecule has 6 heteroatoms. The maximum Gasteiger partial charge on any atom is 0.225 e. The summed E-state index contributed by atoms with van der Waals surface area (Å²) in [6.45, 7) is 3.47. The Morgan fingerprint density at radius 2 is 1.72 bits per heavy atom. The van der Waals surface area contributed by atoms with E-state index in [1.807, 2.05) is 37.3 Å². The van der Waals surface area contributed by atoms with E-state index in [9.17, 15) is 4.79 Å². The lowest BCUT2D eigenvalue weighted by atomic mass is 9.96. The predicted molar refractivity (Wildman–Crippen MR) is 101 cm³/mol. The number of amides is 1. The third-order valence-corrected chi connectivity index (χ3v) is 4.27. The van der Waals surface area contributed by atoms with Crippen LogP contribution in [0.25, 0.3) is 0 Å². The first-order valence-corrected chi connectivity index (χ1v) is 8.85. The Morgan fingerprint density at radius 3 is 2.40 bits per heavy atom. The second kappa shape index (κ2) is 7.96. The minimum atomic E-state index is -0.0782. The van der Waals surface area contributed by atoms with Crippen molar-refractivity contribution in [3.63, 3.8) is 0 Å². The molecule has 2 aromatic rings. The Bertz CT molecular complexity index is 723. The summed E-state index contributed by atoms with van der Waals surface area (Å²) in [5.74, 6) is 1.37. The number of carbonyl (C=O) groups excluding carboxylic acids is 1. The van der Waals surface area contributed by atoms with Gasteiger partial charge in [0.25, 0.3) is 0 Å². The van der Waals surface area contributed by atoms with Crippen molar-refractivity contribution in [1.29, 1.82) is 0 Å². The zero-order valence-electron chi connectivity index (χ0n) is 14.8. The van der Waals surface area contributed by atoms with E-state index in [1.165, 1.54) is 39.0 Å². The Morgan fingerprint density at radius 1 is 1.04 bits per heavy atom. The normalized spacial score (nSPS) is 14.8. The van der Waals surface area contributed by atoms with Crippen LogP contribution in [0.3, 0.4) is 0 Å². The van der Waals surface area contributed by atoms with Crippen LogP contribution in [-0.4, -0.2) is 21.9 Å². The highest BCUT2D eigenvalue weighted by atomic mass is 16.1. The Balaban J connectivity index is 1.68. The number of hydrogen-bond acceptors (Lipinski definition) is 5. The van der Waals surface area contributed by atoms with Gasteiger partial charge >= 0.3 is 0 Å². The topological polar surface area (TPSA) is 78.9 Å². The van der Waals surface area contributed by atoms with Gasteiger partial charge in [-0.15, -0.1) is 0 Å². The van der Waals surface area contributed by atoms with E-state index in [4.69, 9.17) is 0 Å². The van der Waals surface area contributed by atoms with Gasteiger partial charge in [-0.05, 0) is 44.0 Å².